The van der Waals surface area contributed by atoms with E-state index in [-0.39, 0.29) is 0 Å². The maximum absolute atomic E-state index is 5.20. The number of pyridine rings is 1. The number of nitrogens with one attached hydrogen (secondary N) is 1. The molecule has 0 spiro atoms. The van der Waals surface area contributed by atoms with Crippen LogP contribution < -0.4 is 10.1 Å². The Morgan fingerprint density at radius 3 is 3.00 bits per heavy atom. The molecule has 1 N–H and O–H groups in total. The number of aromatic nitrogens is 3. The average molecular weight is 246 g/mol. The number of aryl methyl sites for hydroxylation is 1. The van der Waals surface area contributed by atoms with Gasteiger partial charge in [0.25, 0.3) is 0 Å². The minimum Gasteiger partial charge on any atom is -0.481 e. The van der Waals surface area contributed by atoms with Gasteiger partial charge in [-0.05, 0) is 12.1 Å². The number of rotatable bonds is 6. The highest BCUT2D eigenvalue weighted by Crippen LogP contribution is 2.12. The summed E-state index contributed by atoms with van der Waals surface area (Å²) in [4.78, 5) is 4.16. The van der Waals surface area contributed by atoms with Gasteiger partial charge in [-0.3, -0.25) is 4.68 Å². The molecule has 0 aliphatic rings. The van der Waals surface area contributed by atoms with Crippen molar-refractivity contribution in [2.75, 3.05) is 13.7 Å². The molecule has 5 nitrogen and oxygen atoms in total. The normalized spacial score (nSPS) is 10.6. The zero-order chi connectivity index (χ0) is 12.8. The zero-order valence-corrected chi connectivity index (χ0v) is 10.8. The van der Waals surface area contributed by atoms with Crippen molar-refractivity contribution in [3.8, 4) is 5.88 Å². The summed E-state index contributed by atoms with van der Waals surface area (Å²) in [5, 5.41) is 7.69. The zero-order valence-electron chi connectivity index (χ0n) is 10.8. The van der Waals surface area contributed by atoms with Gasteiger partial charge in [-0.15, -0.1) is 0 Å². The predicted octanol–water partition coefficient (Wildman–Crippen LogP) is 1.16. The molecule has 96 valence electrons. The molecule has 0 aliphatic heterocycles. The molecule has 0 aliphatic carbocycles. The Bertz CT molecular complexity index is 495. The molecule has 5 heteroatoms. The molecule has 0 saturated carbocycles. The summed E-state index contributed by atoms with van der Waals surface area (Å²) in [5.74, 6) is 0.683. The largest absolute Gasteiger partial charge is 0.481 e. The lowest BCUT2D eigenvalue weighted by atomic mass is 10.2. The van der Waals surface area contributed by atoms with E-state index in [1.807, 2.05) is 36.1 Å². The van der Waals surface area contributed by atoms with E-state index < -0.39 is 0 Å². The fraction of sp³-hybridized carbons (Fsp3) is 0.385. The molecular weight excluding hydrogens is 228 g/mol. The third-order valence-corrected chi connectivity index (χ3v) is 2.69. The van der Waals surface area contributed by atoms with E-state index >= 15 is 0 Å². The topological polar surface area (TPSA) is 52.0 Å². The second-order valence-electron chi connectivity index (χ2n) is 4.08. The van der Waals surface area contributed by atoms with E-state index in [0.717, 1.165) is 30.8 Å². The van der Waals surface area contributed by atoms with Gasteiger partial charge in [-0.25, -0.2) is 4.98 Å². The first-order valence-electron chi connectivity index (χ1n) is 5.96. The van der Waals surface area contributed by atoms with Crippen LogP contribution in [0.2, 0.25) is 0 Å². The monoisotopic (exact) mass is 246 g/mol. The Kier molecular flexibility index (Phi) is 4.30. The van der Waals surface area contributed by atoms with Gasteiger partial charge in [-0.2, -0.15) is 5.10 Å². The van der Waals surface area contributed by atoms with Gasteiger partial charge in [0.15, 0.2) is 0 Å². The molecule has 2 aromatic heterocycles. The van der Waals surface area contributed by atoms with Crippen molar-refractivity contribution in [3.05, 3.63) is 41.9 Å². The van der Waals surface area contributed by atoms with Crippen LogP contribution in [0, 0.1) is 0 Å². The van der Waals surface area contributed by atoms with Crippen molar-refractivity contribution in [2.24, 2.45) is 7.05 Å². The highest BCUT2D eigenvalue weighted by atomic mass is 16.5. The van der Waals surface area contributed by atoms with Crippen LogP contribution in [0.5, 0.6) is 5.88 Å². The number of methoxy groups -OCH3 is 1. The van der Waals surface area contributed by atoms with Crippen LogP contribution in [0.4, 0.5) is 0 Å². The van der Waals surface area contributed by atoms with Crippen molar-refractivity contribution < 1.29 is 4.74 Å². The molecule has 0 unspecified atom stereocenters. The van der Waals surface area contributed by atoms with Gasteiger partial charge in [0.1, 0.15) is 0 Å². The van der Waals surface area contributed by atoms with Crippen LogP contribution in [0.25, 0.3) is 0 Å². The fourth-order valence-corrected chi connectivity index (χ4v) is 1.78. The molecule has 0 amide bonds. The van der Waals surface area contributed by atoms with Gasteiger partial charge in [0.2, 0.25) is 5.88 Å². The summed E-state index contributed by atoms with van der Waals surface area (Å²) >= 11 is 0. The van der Waals surface area contributed by atoms with Crippen molar-refractivity contribution >= 4 is 0 Å². The first-order chi connectivity index (χ1) is 8.79. The van der Waals surface area contributed by atoms with E-state index in [9.17, 15) is 0 Å². The van der Waals surface area contributed by atoms with Crippen LogP contribution in [-0.4, -0.2) is 28.4 Å². The van der Waals surface area contributed by atoms with Crippen LogP contribution in [-0.2, 0) is 20.0 Å². The molecule has 18 heavy (non-hydrogen) atoms. The highest BCUT2D eigenvalue weighted by Gasteiger charge is 2.02. The van der Waals surface area contributed by atoms with Crippen LogP contribution in [0.3, 0.4) is 0 Å². The van der Waals surface area contributed by atoms with E-state index in [4.69, 9.17) is 4.74 Å². The molecule has 2 aromatic rings. The first kappa shape index (κ1) is 12.6. The fourth-order valence-electron chi connectivity index (χ4n) is 1.78. The number of nitrogens with zero attached hydrogens (tertiary/aromatic N) is 3. The van der Waals surface area contributed by atoms with Gasteiger partial charge < -0.3 is 10.1 Å². The third-order valence-electron chi connectivity index (χ3n) is 2.69. The molecule has 0 atom stereocenters. The summed E-state index contributed by atoms with van der Waals surface area (Å²) in [6.07, 6.45) is 4.61. The van der Waals surface area contributed by atoms with Crippen LogP contribution in [0.15, 0.2) is 30.6 Å². The molecule has 0 radical (unpaired) electrons. The Morgan fingerprint density at radius 2 is 2.28 bits per heavy atom. The summed E-state index contributed by atoms with van der Waals surface area (Å²) in [6.45, 7) is 1.64. The van der Waals surface area contributed by atoms with Crippen molar-refractivity contribution in [1.29, 1.82) is 0 Å². The third kappa shape index (κ3) is 3.30. The van der Waals surface area contributed by atoms with Crippen molar-refractivity contribution in [3.63, 3.8) is 0 Å². The molecule has 0 bridgehead atoms. The molecule has 2 rings (SSSR count). The SMILES string of the molecule is COc1ncccc1CNCCc1ccn(C)n1. The van der Waals surface area contributed by atoms with E-state index in [2.05, 4.69) is 15.4 Å². The summed E-state index contributed by atoms with van der Waals surface area (Å²) in [7, 11) is 3.57. The molecular formula is C13H18N4O. The van der Waals surface area contributed by atoms with E-state index in [1.165, 1.54) is 0 Å². The summed E-state index contributed by atoms with van der Waals surface area (Å²) < 4.78 is 7.02. The molecule has 0 aromatic carbocycles. The second-order valence-corrected chi connectivity index (χ2v) is 4.08. The Balaban J connectivity index is 1.78. The lowest BCUT2D eigenvalue weighted by Gasteiger charge is -2.07. The van der Waals surface area contributed by atoms with Crippen LogP contribution in [0.1, 0.15) is 11.3 Å². The van der Waals surface area contributed by atoms with Crippen molar-refractivity contribution in [1.82, 2.24) is 20.1 Å². The molecule has 2 heterocycles. The maximum Gasteiger partial charge on any atom is 0.217 e. The lowest BCUT2D eigenvalue weighted by Crippen LogP contribution is -2.17. The minimum absolute atomic E-state index is 0.683. The summed E-state index contributed by atoms with van der Waals surface area (Å²) in [5.41, 5.74) is 2.17. The number of hydrogen-bond donors (Lipinski definition) is 1. The van der Waals surface area contributed by atoms with Gasteiger partial charge in [0, 0.05) is 44.5 Å². The average Bonchev–Trinajstić information content (AvgIpc) is 2.81. The highest BCUT2D eigenvalue weighted by molar-refractivity contribution is 5.24. The Labute approximate surface area is 107 Å². The minimum atomic E-state index is 0.683. The van der Waals surface area contributed by atoms with E-state index in [1.54, 1.807) is 13.3 Å². The standard InChI is InChI=1S/C13H18N4O/c1-17-9-6-12(16-17)5-8-14-10-11-4-3-7-15-13(11)18-2/h3-4,6-7,9,14H,5,8,10H2,1-2H3. The molecule has 0 saturated heterocycles. The number of hydrogen-bond acceptors (Lipinski definition) is 4. The van der Waals surface area contributed by atoms with Gasteiger partial charge in [-0.1, -0.05) is 6.07 Å². The molecule has 0 fully saturated rings. The quantitative estimate of drug-likeness (QED) is 0.777. The lowest BCUT2D eigenvalue weighted by molar-refractivity contribution is 0.390. The second kappa shape index (κ2) is 6.16. The number of ether oxygens (including phenoxy) is 1. The van der Waals surface area contributed by atoms with Crippen molar-refractivity contribution in [2.45, 2.75) is 13.0 Å². The van der Waals surface area contributed by atoms with Gasteiger partial charge >= 0.3 is 0 Å². The first-order valence-corrected chi connectivity index (χ1v) is 5.96. The van der Waals surface area contributed by atoms with E-state index in [0.29, 0.717) is 5.88 Å². The summed E-state index contributed by atoms with van der Waals surface area (Å²) in [6, 6.07) is 5.96. The van der Waals surface area contributed by atoms with Crippen LogP contribution >= 0.6 is 0 Å². The maximum atomic E-state index is 5.20. The predicted molar refractivity (Wildman–Crippen MR) is 69.4 cm³/mol. The Hall–Kier alpha value is -1.88. The smallest absolute Gasteiger partial charge is 0.217 e. The van der Waals surface area contributed by atoms with Gasteiger partial charge in [0.05, 0.1) is 12.8 Å². The Morgan fingerprint density at radius 1 is 1.39 bits per heavy atom.